The van der Waals surface area contributed by atoms with E-state index in [1.54, 1.807) is 0 Å². The lowest BCUT2D eigenvalue weighted by molar-refractivity contribution is 0.362. The molecule has 0 heterocycles. The van der Waals surface area contributed by atoms with Crippen LogP contribution >= 0.6 is 0 Å². The molecule has 2 heteroatoms. The maximum atomic E-state index is 3.67. The molecule has 1 atom stereocenters. The van der Waals surface area contributed by atoms with Crippen LogP contribution in [0.2, 0.25) is 0 Å². The Balaban J connectivity index is 3.73. The molecule has 0 aliphatic carbocycles. The summed E-state index contributed by atoms with van der Waals surface area (Å²) in [6.45, 7) is 14.6. The summed E-state index contributed by atoms with van der Waals surface area (Å²) in [4.78, 5) is 0. The third-order valence-electron chi connectivity index (χ3n) is 2.61. The second-order valence-electron chi connectivity index (χ2n) is 5.90. The van der Waals surface area contributed by atoms with Gasteiger partial charge in [0.25, 0.3) is 0 Å². The second-order valence-corrected chi connectivity index (χ2v) is 5.90. The van der Waals surface area contributed by atoms with E-state index in [1.165, 1.54) is 19.3 Å². The van der Waals surface area contributed by atoms with Gasteiger partial charge in [0.05, 0.1) is 0 Å². The fourth-order valence-corrected chi connectivity index (χ4v) is 2.05. The van der Waals surface area contributed by atoms with Gasteiger partial charge in [0.2, 0.25) is 0 Å². The van der Waals surface area contributed by atoms with Crippen LogP contribution < -0.4 is 10.6 Å². The smallest absolute Gasteiger partial charge is 0.00723 e. The predicted octanol–water partition coefficient (Wildman–Crippen LogP) is 3.18. The quantitative estimate of drug-likeness (QED) is 0.592. The average molecular weight is 228 g/mol. The summed E-state index contributed by atoms with van der Waals surface area (Å²) in [7, 11) is 0. The van der Waals surface area contributed by atoms with Gasteiger partial charge in [-0.3, -0.25) is 0 Å². The van der Waals surface area contributed by atoms with E-state index in [0.29, 0.717) is 18.1 Å². The Morgan fingerprint density at radius 1 is 0.875 bits per heavy atom. The van der Waals surface area contributed by atoms with Gasteiger partial charge in [-0.1, -0.05) is 41.5 Å². The Morgan fingerprint density at radius 3 is 1.94 bits per heavy atom. The highest BCUT2D eigenvalue weighted by Gasteiger charge is 2.11. The first-order valence-electron chi connectivity index (χ1n) is 6.91. The molecule has 16 heavy (non-hydrogen) atoms. The third-order valence-corrected chi connectivity index (χ3v) is 2.61. The zero-order valence-corrected chi connectivity index (χ0v) is 12.1. The minimum atomic E-state index is 0.599. The summed E-state index contributed by atoms with van der Waals surface area (Å²) >= 11 is 0. The van der Waals surface area contributed by atoms with Gasteiger partial charge >= 0.3 is 0 Å². The van der Waals surface area contributed by atoms with E-state index < -0.39 is 0 Å². The fraction of sp³-hybridized carbons (Fsp3) is 1.00. The van der Waals surface area contributed by atoms with Crippen molar-refractivity contribution in [1.82, 2.24) is 10.6 Å². The SMILES string of the molecule is CC(C)C[C@H](CCCNC(C)C)NC(C)C. The molecule has 0 saturated heterocycles. The van der Waals surface area contributed by atoms with Crippen LogP contribution in [0.3, 0.4) is 0 Å². The molecule has 0 aliphatic rings. The Hall–Kier alpha value is -0.0800. The van der Waals surface area contributed by atoms with Crippen LogP contribution in [0.1, 0.15) is 60.8 Å². The third kappa shape index (κ3) is 10.4. The first-order valence-corrected chi connectivity index (χ1v) is 6.91. The van der Waals surface area contributed by atoms with E-state index in [9.17, 15) is 0 Å². The van der Waals surface area contributed by atoms with Crippen LogP contribution in [0.25, 0.3) is 0 Å². The molecule has 0 saturated carbocycles. The van der Waals surface area contributed by atoms with Gasteiger partial charge in [-0.15, -0.1) is 0 Å². The summed E-state index contributed by atoms with van der Waals surface area (Å²) in [5, 5.41) is 7.15. The number of hydrogen-bond acceptors (Lipinski definition) is 2. The Kier molecular flexibility index (Phi) is 8.96. The molecule has 0 bridgehead atoms. The minimum Gasteiger partial charge on any atom is -0.315 e. The van der Waals surface area contributed by atoms with Gasteiger partial charge in [-0.05, 0) is 31.7 Å². The Bertz CT molecular complexity index is 143. The molecule has 0 rings (SSSR count). The first kappa shape index (κ1) is 15.9. The van der Waals surface area contributed by atoms with E-state index in [4.69, 9.17) is 0 Å². The Labute approximate surface area is 103 Å². The van der Waals surface area contributed by atoms with Crippen LogP contribution in [-0.4, -0.2) is 24.7 Å². The molecule has 0 amide bonds. The van der Waals surface area contributed by atoms with Crippen LogP contribution in [-0.2, 0) is 0 Å². The lowest BCUT2D eigenvalue weighted by Crippen LogP contribution is -2.36. The van der Waals surface area contributed by atoms with Crippen molar-refractivity contribution in [2.45, 2.75) is 78.9 Å². The van der Waals surface area contributed by atoms with E-state index >= 15 is 0 Å². The molecule has 0 radical (unpaired) electrons. The van der Waals surface area contributed by atoms with Gasteiger partial charge in [-0.2, -0.15) is 0 Å². The summed E-state index contributed by atoms with van der Waals surface area (Å²) in [6.07, 6.45) is 3.85. The highest BCUT2D eigenvalue weighted by molar-refractivity contribution is 4.71. The number of nitrogens with one attached hydrogen (secondary N) is 2. The highest BCUT2D eigenvalue weighted by Crippen LogP contribution is 2.10. The maximum absolute atomic E-state index is 3.67. The second kappa shape index (κ2) is 9.00. The molecule has 0 aromatic heterocycles. The standard InChI is InChI=1S/C14H32N2/c1-11(2)10-14(16-13(5)6)8-7-9-15-12(3)4/h11-16H,7-10H2,1-6H3/t14-/m0/s1. The van der Waals surface area contributed by atoms with Gasteiger partial charge < -0.3 is 10.6 Å². The fourth-order valence-electron chi connectivity index (χ4n) is 2.05. The molecule has 0 aromatic rings. The molecule has 2 nitrogen and oxygen atoms in total. The van der Waals surface area contributed by atoms with Gasteiger partial charge in [0, 0.05) is 18.1 Å². The molecule has 0 aromatic carbocycles. The molecular formula is C14H32N2. The Morgan fingerprint density at radius 2 is 1.50 bits per heavy atom. The van der Waals surface area contributed by atoms with Gasteiger partial charge in [0.15, 0.2) is 0 Å². The molecule has 0 unspecified atom stereocenters. The van der Waals surface area contributed by atoms with E-state index in [0.717, 1.165) is 12.5 Å². The van der Waals surface area contributed by atoms with E-state index in [1.807, 2.05) is 0 Å². The number of rotatable bonds is 9. The summed E-state index contributed by atoms with van der Waals surface area (Å²) in [6, 6.07) is 1.90. The molecular weight excluding hydrogens is 196 g/mol. The monoisotopic (exact) mass is 228 g/mol. The molecule has 0 fully saturated rings. The summed E-state index contributed by atoms with van der Waals surface area (Å²) < 4.78 is 0. The van der Waals surface area contributed by atoms with Crippen molar-refractivity contribution in [2.24, 2.45) is 5.92 Å². The topological polar surface area (TPSA) is 24.1 Å². The van der Waals surface area contributed by atoms with Crippen molar-refractivity contribution in [3.63, 3.8) is 0 Å². The van der Waals surface area contributed by atoms with Crippen LogP contribution in [0.4, 0.5) is 0 Å². The van der Waals surface area contributed by atoms with Crippen molar-refractivity contribution >= 4 is 0 Å². The molecule has 2 N–H and O–H groups in total. The first-order chi connectivity index (χ1) is 7.41. The van der Waals surface area contributed by atoms with Crippen LogP contribution in [0.5, 0.6) is 0 Å². The maximum Gasteiger partial charge on any atom is 0.00723 e. The highest BCUT2D eigenvalue weighted by atomic mass is 14.9. The average Bonchev–Trinajstić information content (AvgIpc) is 2.09. The predicted molar refractivity (Wildman–Crippen MR) is 73.9 cm³/mol. The molecule has 0 spiro atoms. The van der Waals surface area contributed by atoms with Crippen molar-refractivity contribution in [2.75, 3.05) is 6.54 Å². The zero-order valence-electron chi connectivity index (χ0n) is 12.1. The van der Waals surface area contributed by atoms with Crippen molar-refractivity contribution in [3.8, 4) is 0 Å². The van der Waals surface area contributed by atoms with Gasteiger partial charge in [-0.25, -0.2) is 0 Å². The molecule has 0 aliphatic heterocycles. The van der Waals surface area contributed by atoms with Crippen molar-refractivity contribution < 1.29 is 0 Å². The van der Waals surface area contributed by atoms with Crippen molar-refractivity contribution in [1.29, 1.82) is 0 Å². The van der Waals surface area contributed by atoms with Crippen molar-refractivity contribution in [3.05, 3.63) is 0 Å². The zero-order chi connectivity index (χ0) is 12.6. The molecule has 98 valence electrons. The van der Waals surface area contributed by atoms with Gasteiger partial charge in [0.1, 0.15) is 0 Å². The normalized spacial score (nSPS) is 14.1. The lowest BCUT2D eigenvalue weighted by Gasteiger charge is -2.23. The van der Waals surface area contributed by atoms with E-state index in [2.05, 4.69) is 52.2 Å². The van der Waals surface area contributed by atoms with Crippen LogP contribution in [0.15, 0.2) is 0 Å². The summed E-state index contributed by atoms with van der Waals surface area (Å²) in [5.74, 6) is 0.786. The number of hydrogen-bond donors (Lipinski definition) is 2. The van der Waals surface area contributed by atoms with E-state index in [-0.39, 0.29) is 0 Å². The minimum absolute atomic E-state index is 0.599. The van der Waals surface area contributed by atoms with Crippen LogP contribution in [0, 0.1) is 5.92 Å². The lowest BCUT2D eigenvalue weighted by atomic mass is 9.99. The summed E-state index contributed by atoms with van der Waals surface area (Å²) in [5.41, 5.74) is 0. The largest absolute Gasteiger partial charge is 0.315 e.